The Labute approximate surface area is 146 Å². The van der Waals surface area contributed by atoms with E-state index in [-0.39, 0.29) is 17.7 Å². The molecule has 0 bridgehead atoms. The molecule has 0 spiro atoms. The van der Waals surface area contributed by atoms with Crippen LogP contribution in [0, 0.1) is 0 Å². The number of aryl methyl sites for hydroxylation is 1. The summed E-state index contributed by atoms with van der Waals surface area (Å²) in [5, 5.41) is 2.90. The van der Waals surface area contributed by atoms with Crippen molar-refractivity contribution in [2.75, 3.05) is 32.8 Å². The van der Waals surface area contributed by atoms with Crippen molar-refractivity contribution in [3.63, 3.8) is 0 Å². The highest BCUT2D eigenvalue weighted by Crippen LogP contribution is 2.29. The van der Waals surface area contributed by atoms with Crippen LogP contribution in [0.1, 0.15) is 31.2 Å². The number of likely N-dealkylation sites (tertiary alicyclic amines) is 1. The Morgan fingerprint density at radius 3 is 3.08 bits per heavy atom. The number of aromatic nitrogens is 1. The number of hydrogen-bond acceptors (Lipinski definition) is 4. The van der Waals surface area contributed by atoms with Crippen LogP contribution in [0.15, 0.2) is 27.4 Å². The first-order valence-electron chi connectivity index (χ1n) is 8.80. The standard InChI is InChI=1S/C18H25N3O4/c1-3-24-10-8-19-17(22)21-9-4-5-14(12-21)13-6-7-15-16(11-13)25-18(23)20(15)2/h6-7,11,14H,3-5,8-10,12H2,1-2H3,(H,19,22). The maximum atomic E-state index is 12.3. The molecule has 3 rings (SSSR count). The summed E-state index contributed by atoms with van der Waals surface area (Å²) >= 11 is 0. The maximum Gasteiger partial charge on any atom is 0.419 e. The molecule has 1 aromatic heterocycles. The molecule has 1 aromatic carbocycles. The molecular formula is C18H25N3O4. The lowest BCUT2D eigenvalue weighted by Gasteiger charge is -2.33. The quantitative estimate of drug-likeness (QED) is 0.840. The summed E-state index contributed by atoms with van der Waals surface area (Å²) < 4.78 is 12.0. The zero-order valence-corrected chi connectivity index (χ0v) is 14.8. The number of fused-ring (bicyclic) bond motifs is 1. The summed E-state index contributed by atoms with van der Waals surface area (Å²) in [5.74, 6) is -0.104. The van der Waals surface area contributed by atoms with E-state index in [0.29, 0.717) is 31.9 Å². The van der Waals surface area contributed by atoms with E-state index in [9.17, 15) is 9.59 Å². The molecule has 1 N–H and O–H groups in total. The molecule has 1 aliphatic heterocycles. The van der Waals surface area contributed by atoms with E-state index in [1.54, 1.807) is 7.05 Å². The number of benzene rings is 1. The normalized spacial score (nSPS) is 17.8. The smallest absolute Gasteiger partial charge is 0.408 e. The van der Waals surface area contributed by atoms with Crippen LogP contribution < -0.4 is 11.1 Å². The second-order valence-corrected chi connectivity index (χ2v) is 6.37. The van der Waals surface area contributed by atoms with Gasteiger partial charge in [0.05, 0.1) is 12.1 Å². The van der Waals surface area contributed by atoms with E-state index >= 15 is 0 Å². The Kier molecular flexibility index (Phi) is 5.43. The highest BCUT2D eigenvalue weighted by molar-refractivity contribution is 5.75. The van der Waals surface area contributed by atoms with Gasteiger partial charge in [-0.15, -0.1) is 0 Å². The van der Waals surface area contributed by atoms with Gasteiger partial charge in [-0.25, -0.2) is 9.59 Å². The van der Waals surface area contributed by atoms with Gasteiger partial charge in [0.1, 0.15) is 0 Å². The molecule has 1 saturated heterocycles. The lowest BCUT2D eigenvalue weighted by molar-refractivity contribution is 0.142. The Morgan fingerprint density at radius 2 is 2.28 bits per heavy atom. The summed E-state index contributed by atoms with van der Waals surface area (Å²) in [6, 6.07) is 5.82. The molecule has 2 heterocycles. The molecule has 0 aliphatic carbocycles. The van der Waals surface area contributed by atoms with Gasteiger partial charge >= 0.3 is 11.8 Å². The number of urea groups is 1. The first-order valence-corrected chi connectivity index (χ1v) is 8.80. The third kappa shape index (κ3) is 3.87. The lowest BCUT2D eigenvalue weighted by atomic mass is 9.90. The summed E-state index contributed by atoms with van der Waals surface area (Å²) in [5.41, 5.74) is 2.49. The van der Waals surface area contributed by atoms with Crippen molar-refractivity contribution in [3.05, 3.63) is 34.3 Å². The number of rotatable bonds is 5. The minimum Gasteiger partial charge on any atom is -0.408 e. The fraction of sp³-hybridized carbons (Fsp3) is 0.556. The highest BCUT2D eigenvalue weighted by Gasteiger charge is 2.25. The average Bonchev–Trinajstić information content (AvgIpc) is 2.92. The van der Waals surface area contributed by atoms with Gasteiger partial charge < -0.3 is 19.4 Å². The summed E-state index contributed by atoms with van der Waals surface area (Å²) in [4.78, 5) is 25.8. The zero-order valence-electron chi connectivity index (χ0n) is 14.8. The summed E-state index contributed by atoms with van der Waals surface area (Å²) in [6.45, 7) is 5.07. The molecule has 7 heteroatoms. The van der Waals surface area contributed by atoms with Crippen LogP contribution in [0.5, 0.6) is 0 Å². The molecule has 25 heavy (non-hydrogen) atoms. The molecule has 2 amide bonds. The second kappa shape index (κ2) is 7.74. The van der Waals surface area contributed by atoms with Crippen LogP contribution in [0.25, 0.3) is 11.1 Å². The monoisotopic (exact) mass is 347 g/mol. The predicted octanol–water partition coefficient (Wildman–Crippen LogP) is 2.06. The molecule has 0 radical (unpaired) electrons. The number of nitrogens with zero attached hydrogens (tertiary/aromatic N) is 2. The van der Waals surface area contributed by atoms with Crippen LogP contribution in [-0.2, 0) is 11.8 Å². The zero-order chi connectivity index (χ0) is 17.8. The van der Waals surface area contributed by atoms with E-state index in [2.05, 4.69) is 5.32 Å². The first kappa shape index (κ1) is 17.5. The topological polar surface area (TPSA) is 76.7 Å². The molecule has 0 saturated carbocycles. The van der Waals surface area contributed by atoms with E-state index < -0.39 is 0 Å². The van der Waals surface area contributed by atoms with Crippen LogP contribution in [0.3, 0.4) is 0 Å². The minimum absolute atomic E-state index is 0.0447. The molecular weight excluding hydrogens is 322 g/mol. The average molecular weight is 347 g/mol. The molecule has 1 unspecified atom stereocenters. The van der Waals surface area contributed by atoms with Gasteiger partial charge in [-0.1, -0.05) is 6.07 Å². The van der Waals surface area contributed by atoms with Crippen molar-refractivity contribution < 1.29 is 13.9 Å². The van der Waals surface area contributed by atoms with Gasteiger partial charge in [-0.3, -0.25) is 4.57 Å². The fourth-order valence-electron chi connectivity index (χ4n) is 3.32. The lowest BCUT2D eigenvalue weighted by Crippen LogP contribution is -2.45. The van der Waals surface area contributed by atoms with Crippen molar-refractivity contribution >= 4 is 17.1 Å². The Hall–Kier alpha value is -2.28. The summed E-state index contributed by atoms with van der Waals surface area (Å²) in [6.07, 6.45) is 1.98. The van der Waals surface area contributed by atoms with Crippen molar-refractivity contribution in [1.82, 2.24) is 14.8 Å². The molecule has 1 atom stereocenters. The van der Waals surface area contributed by atoms with Crippen molar-refractivity contribution in [1.29, 1.82) is 0 Å². The molecule has 1 aliphatic rings. The highest BCUT2D eigenvalue weighted by atomic mass is 16.5. The molecule has 136 valence electrons. The first-order chi connectivity index (χ1) is 12.1. The number of carbonyl (C=O) groups excluding carboxylic acids is 1. The number of piperidine rings is 1. The second-order valence-electron chi connectivity index (χ2n) is 6.37. The minimum atomic E-state index is -0.355. The third-order valence-electron chi connectivity index (χ3n) is 4.72. The third-order valence-corrected chi connectivity index (χ3v) is 4.72. The Balaban J connectivity index is 1.66. The van der Waals surface area contributed by atoms with Gasteiger partial charge in [0.2, 0.25) is 0 Å². The maximum absolute atomic E-state index is 12.3. The Bertz CT molecular complexity index is 795. The van der Waals surface area contributed by atoms with Crippen molar-refractivity contribution in [3.8, 4) is 0 Å². The Morgan fingerprint density at radius 1 is 1.44 bits per heavy atom. The fourth-order valence-corrected chi connectivity index (χ4v) is 3.32. The number of amides is 2. The van der Waals surface area contributed by atoms with Crippen LogP contribution in [-0.4, -0.2) is 48.3 Å². The van der Waals surface area contributed by atoms with Crippen molar-refractivity contribution in [2.24, 2.45) is 7.05 Å². The number of carbonyl (C=O) groups is 1. The molecule has 2 aromatic rings. The largest absolute Gasteiger partial charge is 0.419 e. The van der Waals surface area contributed by atoms with Gasteiger partial charge in [0.25, 0.3) is 0 Å². The predicted molar refractivity (Wildman–Crippen MR) is 94.9 cm³/mol. The number of oxazole rings is 1. The van der Waals surface area contributed by atoms with Gasteiger partial charge in [0.15, 0.2) is 5.58 Å². The van der Waals surface area contributed by atoms with E-state index in [4.69, 9.17) is 9.15 Å². The SMILES string of the molecule is CCOCCNC(=O)N1CCCC(c2ccc3c(c2)oc(=O)n3C)C1. The van der Waals surface area contributed by atoms with Crippen LogP contribution >= 0.6 is 0 Å². The molecule has 7 nitrogen and oxygen atoms in total. The van der Waals surface area contributed by atoms with Crippen molar-refractivity contribution in [2.45, 2.75) is 25.7 Å². The van der Waals surface area contributed by atoms with Gasteiger partial charge in [-0.05, 0) is 37.5 Å². The number of hydrogen-bond donors (Lipinski definition) is 1. The van der Waals surface area contributed by atoms with Crippen LogP contribution in [0.2, 0.25) is 0 Å². The van der Waals surface area contributed by atoms with Crippen LogP contribution in [0.4, 0.5) is 4.79 Å². The number of ether oxygens (including phenoxy) is 1. The number of nitrogens with one attached hydrogen (secondary N) is 1. The summed E-state index contributed by atoms with van der Waals surface area (Å²) in [7, 11) is 1.70. The van der Waals surface area contributed by atoms with Gasteiger partial charge in [-0.2, -0.15) is 0 Å². The van der Waals surface area contributed by atoms with E-state index in [1.807, 2.05) is 30.0 Å². The van der Waals surface area contributed by atoms with E-state index in [1.165, 1.54) is 4.57 Å². The van der Waals surface area contributed by atoms with E-state index in [0.717, 1.165) is 30.5 Å². The van der Waals surface area contributed by atoms with Gasteiger partial charge in [0, 0.05) is 39.2 Å². The molecule has 1 fully saturated rings.